The molecule has 2 aliphatic rings. The molecule has 0 saturated carbocycles. The van der Waals surface area contributed by atoms with Crippen LogP contribution in [0.25, 0.3) is 0 Å². The predicted octanol–water partition coefficient (Wildman–Crippen LogP) is 2.35. The molecule has 2 aliphatic heterocycles. The number of carbonyl (C=O) groups is 1. The Morgan fingerprint density at radius 1 is 1.35 bits per heavy atom. The summed E-state index contributed by atoms with van der Waals surface area (Å²) < 4.78 is 0. The number of hydrogen-bond acceptors (Lipinski definition) is 2. The van der Waals surface area contributed by atoms with Gasteiger partial charge in [-0.15, -0.1) is 0 Å². The molecule has 0 aromatic heterocycles. The minimum atomic E-state index is 0.332. The van der Waals surface area contributed by atoms with Gasteiger partial charge < -0.3 is 10.2 Å². The van der Waals surface area contributed by atoms with E-state index in [2.05, 4.69) is 41.4 Å². The first-order chi connectivity index (χ1) is 9.74. The molecule has 1 aromatic rings. The van der Waals surface area contributed by atoms with Crippen LogP contribution in [0, 0.1) is 5.92 Å². The molecule has 1 aromatic carbocycles. The van der Waals surface area contributed by atoms with Crippen LogP contribution < -0.4 is 5.32 Å². The summed E-state index contributed by atoms with van der Waals surface area (Å²) in [4.78, 5) is 14.6. The Bertz CT molecular complexity index is 480. The lowest BCUT2D eigenvalue weighted by Gasteiger charge is -2.35. The van der Waals surface area contributed by atoms with E-state index in [4.69, 9.17) is 0 Å². The molecule has 3 rings (SSSR count). The maximum Gasteiger partial charge on any atom is 0.223 e. The highest BCUT2D eigenvalue weighted by Gasteiger charge is 2.27. The third kappa shape index (κ3) is 2.88. The highest BCUT2D eigenvalue weighted by Crippen LogP contribution is 2.24. The molecule has 2 unspecified atom stereocenters. The van der Waals surface area contributed by atoms with Crippen molar-refractivity contribution >= 4 is 5.91 Å². The number of amides is 1. The van der Waals surface area contributed by atoms with Crippen molar-refractivity contribution in [3.8, 4) is 0 Å². The van der Waals surface area contributed by atoms with E-state index in [0.717, 1.165) is 32.5 Å². The van der Waals surface area contributed by atoms with Gasteiger partial charge in [0.25, 0.3) is 0 Å². The van der Waals surface area contributed by atoms with Gasteiger partial charge in [-0.25, -0.2) is 0 Å². The summed E-state index contributed by atoms with van der Waals surface area (Å²) >= 11 is 0. The van der Waals surface area contributed by atoms with Crippen molar-refractivity contribution in [1.82, 2.24) is 10.2 Å². The Labute approximate surface area is 121 Å². The number of carbonyl (C=O) groups excluding carboxylic acids is 1. The van der Waals surface area contributed by atoms with Crippen LogP contribution in [-0.2, 0) is 17.8 Å². The molecule has 0 aliphatic carbocycles. The zero-order chi connectivity index (χ0) is 13.9. The quantitative estimate of drug-likeness (QED) is 0.916. The van der Waals surface area contributed by atoms with E-state index in [1.54, 1.807) is 0 Å². The Balaban J connectivity index is 1.60. The van der Waals surface area contributed by atoms with Crippen LogP contribution >= 0.6 is 0 Å². The molecule has 0 spiro atoms. The smallest absolute Gasteiger partial charge is 0.223 e. The van der Waals surface area contributed by atoms with Gasteiger partial charge in [-0.05, 0) is 56.3 Å². The van der Waals surface area contributed by atoms with E-state index >= 15 is 0 Å². The summed E-state index contributed by atoms with van der Waals surface area (Å²) in [6, 6.07) is 8.84. The number of nitrogens with zero attached hydrogens (tertiary/aromatic N) is 1. The molecule has 3 heteroatoms. The second-order valence-corrected chi connectivity index (χ2v) is 6.24. The summed E-state index contributed by atoms with van der Waals surface area (Å²) in [6.45, 7) is 5.17. The monoisotopic (exact) mass is 272 g/mol. The first kappa shape index (κ1) is 13.6. The van der Waals surface area contributed by atoms with Gasteiger partial charge in [0.05, 0.1) is 0 Å². The van der Waals surface area contributed by atoms with Crippen molar-refractivity contribution in [2.45, 2.75) is 45.2 Å². The van der Waals surface area contributed by atoms with Gasteiger partial charge in [0, 0.05) is 19.0 Å². The molecule has 2 heterocycles. The Hall–Kier alpha value is -1.35. The van der Waals surface area contributed by atoms with Gasteiger partial charge in [-0.3, -0.25) is 4.79 Å². The van der Waals surface area contributed by atoms with Crippen molar-refractivity contribution in [1.29, 1.82) is 0 Å². The second kappa shape index (κ2) is 5.96. The van der Waals surface area contributed by atoms with E-state index in [9.17, 15) is 4.79 Å². The standard InChI is InChI=1S/C17H24N2O/c1-13-10-15-4-2-3-5-16(15)12-19(13)17(20)7-6-14-8-9-18-11-14/h2-5,13-14,18H,6-12H2,1H3. The normalized spacial score (nSPS) is 25.6. The largest absolute Gasteiger partial charge is 0.335 e. The van der Waals surface area contributed by atoms with E-state index in [1.807, 2.05) is 0 Å². The lowest BCUT2D eigenvalue weighted by Crippen LogP contribution is -2.42. The van der Waals surface area contributed by atoms with Gasteiger partial charge in [0.1, 0.15) is 0 Å². The average Bonchev–Trinajstić information content (AvgIpc) is 2.97. The van der Waals surface area contributed by atoms with Crippen molar-refractivity contribution in [3.63, 3.8) is 0 Å². The van der Waals surface area contributed by atoms with Crippen LogP contribution in [0.1, 0.15) is 37.3 Å². The zero-order valence-corrected chi connectivity index (χ0v) is 12.3. The number of fused-ring (bicyclic) bond motifs is 1. The van der Waals surface area contributed by atoms with E-state index in [0.29, 0.717) is 24.3 Å². The topological polar surface area (TPSA) is 32.3 Å². The van der Waals surface area contributed by atoms with Gasteiger partial charge in [-0.2, -0.15) is 0 Å². The van der Waals surface area contributed by atoms with Crippen molar-refractivity contribution in [2.75, 3.05) is 13.1 Å². The molecule has 1 saturated heterocycles. The first-order valence-corrected chi connectivity index (χ1v) is 7.81. The third-order valence-corrected chi connectivity index (χ3v) is 4.76. The number of rotatable bonds is 3. The SMILES string of the molecule is CC1Cc2ccccc2CN1C(=O)CCC1CCNC1. The van der Waals surface area contributed by atoms with Crippen LogP contribution in [0.15, 0.2) is 24.3 Å². The molecule has 1 N–H and O–H groups in total. The Kier molecular flexibility index (Phi) is 4.06. The van der Waals surface area contributed by atoms with E-state index < -0.39 is 0 Å². The van der Waals surface area contributed by atoms with Gasteiger partial charge in [0.15, 0.2) is 0 Å². The van der Waals surface area contributed by atoms with Crippen molar-refractivity contribution in [3.05, 3.63) is 35.4 Å². The van der Waals surface area contributed by atoms with E-state index in [-0.39, 0.29) is 0 Å². The van der Waals surface area contributed by atoms with Crippen LogP contribution in [0.4, 0.5) is 0 Å². The fourth-order valence-corrected chi connectivity index (χ4v) is 3.44. The molecule has 2 atom stereocenters. The highest BCUT2D eigenvalue weighted by molar-refractivity contribution is 5.77. The molecular formula is C17H24N2O. The van der Waals surface area contributed by atoms with E-state index in [1.165, 1.54) is 17.5 Å². The summed E-state index contributed by atoms with van der Waals surface area (Å²) in [7, 11) is 0. The molecule has 20 heavy (non-hydrogen) atoms. The van der Waals surface area contributed by atoms with Crippen LogP contribution in [0.3, 0.4) is 0 Å². The fourth-order valence-electron chi connectivity index (χ4n) is 3.44. The van der Waals surface area contributed by atoms with Crippen molar-refractivity contribution < 1.29 is 4.79 Å². The maximum absolute atomic E-state index is 12.5. The molecule has 1 fully saturated rings. The minimum Gasteiger partial charge on any atom is -0.335 e. The average molecular weight is 272 g/mol. The fraction of sp³-hybridized carbons (Fsp3) is 0.588. The van der Waals surface area contributed by atoms with Crippen LogP contribution in [0.2, 0.25) is 0 Å². The van der Waals surface area contributed by atoms with Crippen molar-refractivity contribution in [2.24, 2.45) is 5.92 Å². The molecule has 3 nitrogen and oxygen atoms in total. The molecule has 0 radical (unpaired) electrons. The number of benzene rings is 1. The number of nitrogens with one attached hydrogen (secondary N) is 1. The van der Waals surface area contributed by atoms with Gasteiger partial charge in [-0.1, -0.05) is 24.3 Å². The Morgan fingerprint density at radius 2 is 2.15 bits per heavy atom. The van der Waals surface area contributed by atoms with Crippen LogP contribution in [0.5, 0.6) is 0 Å². The molecular weight excluding hydrogens is 248 g/mol. The maximum atomic E-state index is 12.5. The lowest BCUT2D eigenvalue weighted by atomic mass is 9.94. The molecule has 108 valence electrons. The summed E-state index contributed by atoms with van der Waals surface area (Å²) in [6.07, 6.45) is 3.97. The second-order valence-electron chi connectivity index (χ2n) is 6.24. The minimum absolute atomic E-state index is 0.332. The first-order valence-electron chi connectivity index (χ1n) is 7.81. The highest BCUT2D eigenvalue weighted by atomic mass is 16.2. The van der Waals surface area contributed by atoms with Gasteiger partial charge in [0.2, 0.25) is 5.91 Å². The molecule has 0 bridgehead atoms. The third-order valence-electron chi connectivity index (χ3n) is 4.76. The lowest BCUT2D eigenvalue weighted by molar-refractivity contribution is -0.134. The van der Waals surface area contributed by atoms with Crippen LogP contribution in [-0.4, -0.2) is 29.9 Å². The summed E-state index contributed by atoms with van der Waals surface area (Å²) in [5.41, 5.74) is 2.73. The summed E-state index contributed by atoms with van der Waals surface area (Å²) in [5.74, 6) is 1.03. The number of hydrogen-bond donors (Lipinski definition) is 1. The predicted molar refractivity (Wildman–Crippen MR) is 80.4 cm³/mol. The Morgan fingerprint density at radius 3 is 2.90 bits per heavy atom. The summed E-state index contributed by atoms with van der Waals surface area (Å²) in [5, 5.41) is 3.37. The zero-order valence-electron chi connectivity index (χ0n) is 12.3. The molecule has 1 amide bonds. The van der Waals surface area contributed by atoms with Gasteiger partial charge >= 0.3 is 0 Å².